The molecule has 1 unspecified atom stereocenters. The second kappa shape index (κ2) is 5.81. The molecule has 2 heteroatoms. The van der Waals surface area contributed by atoms with Gasteiger partial charge in [0.1, 0.15) is 0 Å². The van der Waals surface area contributed by atoms with Crippen LogP contribution in [0, 0.1) is 0 Å². The molecule has 0 radical (unpaired) electrons. The molecular formula is C22H16Cl2. The van der Waals surface area contributed by atoms with Crippen LogP contribution >= 0.6 is 23.2 Å². The summed E-state index contributed by atoms with van der Waals surface area (Å²) in [5, 5.41) is 3.80. The monoisotopic (exact) mass is 350 g/mol. The molecule has 0 nitrogen and oxygen atoms in total. The van der Waals surface area contributed by atoms with Gasteiger partial charge in [-0.05, 0) is 40.6 Å². The number of hydrogen-bond acceptors (Lipinski definition) is 0. The quantitative estimate of drug-likeness (QED) is 0.596. The highest BCUT2D eigenvalue weighted by Gasteiger charge is 2.25. The van der Waals surface area contributed by atoms with Gasteiger partial charge in [0.05, 0.1) is 0 Å². The number of benzene rings is 3. The Kier molecular flexibility index (Phi) is 3.75. The van der Waals surface area contributed by atoms with Crippen molar-refractivity contribution in [3.05, 3.63) is 92.8 Å². The van der Waals surface area contributed by atoms with E-state index in [0.717, 1.165) is 11.1 Å². The Morgan fingerprint density at radius 2 is 1.54 bits per heavy atom. The van der Waals surface area contributed by atoms with Gasteiger partial charge in [0, 0.05) is 21.0 Å². The van der Waals surface area contributed by atoms with E-state index in [-0.39, 0.29) is 5.41 Å². The maximum absolute atomic E-state index is 6.45. The van der Waals surface area contributed by atoms with Crippen LogP contribution in [-0.2, 0) is 5.41 Å². The second-order valence-electron chi connectivity index (χ2n) is 6.37. The summed E-state index contributed by atoms with van der Waals surface area (Å²) in [4.78, 5) is 0. The molecule has 0 N–H and O–H groups in total. The third-order valence-electron chi connectivity index (χ3n) is 4.66. The van der Waals surface area contributed by atoms with Crippen molar-refractivity contribution in [2.24, 2.45) is 0 Å². The first kappa shape index (κ1) is 15.5. The Bertz CT molecular complexity index is 1040. The molecule has 1 aliphatic carbocycles. The molecule has 4 rings (SSSR count). The van der Waals surface area contributed by atoms with Crippen molar-refractivity contribution in [2.45, 2.75) is 12.3 Å². The van der Waals surface area contributed by atoms with E-state index in [1.54, 1.807) is 6.07 Å². The zero-order chi connectivity index (χ0) is 16.7. The molecule has 0 spiro atoms. The molecule has 1 atom stereocenters. The lowest BCUT2D eigenvalue weighted by Gasteiger charge is -2.19. The van der Waals surface area contributed by atoms with E-state index in [4.69, 9.17) is 23.2 Å². The lowest BCUT2D eigenvalue weighted by molar-refractivity contribution is 0.862. The molecule has 0 saturated carbocycles. The molecular weight excluding hydrogens is 335 g/mol. The summed E-state index contributed by atoms with van der Waals surface area (Å²) in [5.74, 6) is 0. The Labute approximate surface area is 151 Å². The minimum absolute atomic E-state index is 0.113. The average Bonchev–Trinajstić information content (AvgIpc) is 2.94. The Morgan fingerprint density at radius 1 is 0.750 bits per heavy atom. The van der Waals surface area contributed by atoms with Crippen LogP contribution in [0.25, 0.3) is 23.3 Å². The lowest BCUT2D eigenvalue weighted by atomic mass is 9.84. The maximum Gasteiger partial charge on any atom is 0.0499 e. The molecule has 0 saturated heterocycles. The summed E-state index contributed by atoms with van der Waals surface area (Å²) in [6, 6.07) is 22.6. The van der Waals surface area contributed by atoms with Gasteiger partial charge in [-0.1, -0.05) is 90.0 Å². The van der Waals surface area contributed by atoms with Crippen molar-refractivity contribution >= 4 is 35.4 Å². The van der Waals surface area contributed by atoms with Gasteiger partial charge in [-0.25, -0.2) is 0 Å². The zero-order valence-electron chi connectivity index (χ0n) is 13.3. The third-order valence-corrected chi connectivity index (χ3v) is 5.20. The predicted octanol–water partition coefficient (Wildman–Crippen LogP) is 5.19. The highest BCUT2D eigenvalue weighted by Crippen LogP contribution is 2.32. The topological polar surface area (TPSA) is 0 Å². The minimum atomic E-state index is -0.113. The van der Waals surface area contributed by atoms with Crippen molar-refractivity contribution in [3.8, 4) is 11.1 Å². The van der Waals surface area contributed by atoms with Crippen LogP contribution in [0.2, 0.25) is 10.0 Å². The number of hydrogen-bond donors (Lipinski definition) is 0. The van der Waals surface area contributed by atoms with E-state index in [9.17, 15) is 0 Å². The molecule has 118 valence electrons. The SMILES string of the molecule is CC1(c2ccccc2)C=c2cccc(-c3ccc(Cl)cc3Cl)c2=C1. The number of rotatable bonds is 2. The predicted molar refractivity (Wildman–Crippen MR) is 104 cm³/mol. The third kappa shape index (κ3) is 2.56. The summed E-state index contributed by atoms with van der Waals surface area (Å²) < 4.78 is 0. The van der Waals surface area contributed by atoms with Gasteiger partial charge < -0.3 is 0 Å². The molecule has 1 aliphatic rings. The molecule has 3 aromatic carbocycles. The van der Waals surface area contributed by atoms with Crippen molar-refractivity contribution in [1.82, 2.24) is 0 Å². The fraction of sp³-hybridized carbons (Fsp3) is 0.0909. The largest absolute Gasteiger partial charge is 0.0843 e. The van der Waals surface area contributed by atoms with Gasteiger partial charge in [0.2, 0.25) is 0 Å². The molecule has 0 heterocycles. The van der Waals surface area contributed by atoms with E-state index >= 15 is 0 Å². The van der Waals surface area contributed by atoms with Gasteiger partial charge >= 0.3 is 0 Å². The Hall–Kier alpha value is -2.02. The summed E-state index contributed by atoms with van der Waals surface area (Å²) in [6.45, 7) is 2.25. The van der Waals surface area contributed by atoms with Crippen LogP contribution in [0.1, 0.15) is 12.5 Å². The highest BCUT2D eigenvalue weighted by atomic mass is 35.5. The fourth-order valence-electron chi connectivity index (χ4n) is 3.44. The van der Waals surface area contributed by atoms with Crippen molar-refractivity contribution in [2.75, 3.05) is 0 Å². The molecule has 24 heavy (non-hydrogen) atoms. The summed E-state index contributed by atoms with van der Waals surface area (Å²) in [5.41, 5.74) is 3.33. The van der Waals surface area contributed by atoms with Crippen molar-refractivity contribution in [3.63, 3.8) is 0 Å². The van der Waals surface area contributed by atoms with Gasteiger partial charge in [-0.2, -0.15) is 0 Å². The van der Waals surface area contributed by atoms with Crippen LogP contribution in [0.15, 0.2) is 66.7 Å². The van der Waals surface area contributed by atoms with Gasteiger partial charge in [0.15, 0.2) is 0 Å². The van der Waals surface area contributed by atoms with Gasteiger partial charge in [0.25, 0.3) is 0 Å². The molecule has 3 aromatic rings. The number of fused-ring (bicyclic) bond motifs is 1. The minimum Gasteiger partial charge on any atom is -0.0843 e. The first-order valence-electron chi connectivity index (χ1n) is 7.93. The summed E-state index contributed by atoms with van der Waals surface area (Å²) in [7, 11) is 0. The molecule has 0 fully saturated rings. The molecule has 0 aliphatic heterocycles. The Morgan fingerprint density at radius 3 is 2.29 bits per heavy atom. The normalized spacial score (nSPS) is 18.6. The first-order valence-corrected chi connectivity index (χ1v) is 8.68. The van der Waals surface area contributed by atoms with E-state index < -0.39 is 0 Å². The standard InChI is InChI=1S/C22H16Cl2/c1-22(16-7-3-2-4-8-16)13-15-6-5-9-18(20(15)14-22)19-11-10-17(23)12-21(19)24/h2-14H,1H3. The molecule has 0 amide bonds. The smallest absolute Gasteiger partial charge is 0.0499 e. The van der Waals surface area contributed by atoms with E-state index in [0.29, 0.717) is 10.0 Å². The van der Waals surface area contributed by atoms with Crippen LogP contribution in [0.3, 0.4) is 0 Å². The van der Waals surface area contributed by atoms with E-state index in [1.165, 1.54) is 16.0 Å². The van der Waals surface area contributed by atoms with E-state index in [1.807, 2.05) is 18.2 Å². The average molecular weight is 351 g/mol. The second-order valence-corrected chi connectivity index (χ2v) is 7.21. The van der Waals surface area contributed by atoms with Crippen LogP contribution < -0.4 is 10.4 Å². The Balaban J connectivity index is 1.95. The van der Waals surface area contributed by atoms with Crippen LogP contribution in [0.4, 0.5) is 0 Å². The van der Waals surface area contributed by atoms with Crippen molar-refractivity contribution < 1.29 is 0 Å². The highest BCUT2D eigenvalue weighted by molar-refractivity contribution is 6.36. The van der Waals surface area contributed by atoms with Gasteiger partial charge in [-0.3, -0.25) is 0 Å². The van der Waals surface area contributed by atoms with Gasteiger partial charge in [-0.15, -0.1) is 0 Å². The van der Waals surface area contributed by atoms with E-state index in [2.05, 4.69) is 61.5 Å². The maximum atomic E-state index is 6.45. The summed E-state index contributed by atoms with van der Waals surface area (Å²) in [6.07, 6.45) is 4.66. The molecule has 0 aromatic heterocycles. The van der Waals surface area contributed by atoms with Crippen LogP contribution in [-0.4, -0.2) is 0 Å². The lowest BCUT2D eigenvalue weighted by Crippen LogP contribution is -2.23. The van der Waals surface area contributed by atoms with Crippen LogP contribution in [0.5, 0.6) is 0 Å². The number of halogens is 2. The molecule has 0 bridgehead atoms. The zero-order valence-corrected chi connectivity index (χ0v) is 14.8. The fourth-order valence-corrected chi connectivity index (χ4v) is 3.95. The summed E-state index contributed by atoms with van der Waals surface area (Å²) >= 11 is 12.5. The first-order chi connectivity index (χ1) is 11.6. The van der Waals surface area contributed by atoms with Crippen molar-refractivity contribution in [1.29, 1.82) is 0 Å².